The highest BCUT2D eigenvalue weighted by Gasteiger charge is 2.45. The van der Waals surface area contributed by atoms with Gasteiger partial charge in [-0.2, -0.15) is 0 Å². The Labute approximate surface area is 92.5 Å². The molecule has 1 saturated carbocycles. The molecule has 0 aliphatic heterocycles. The molecule has 1 unspecified atom stereocenters. The summed E-state index contributed by atoms with van der Waals surface area (Å²) in [5.74, 6) is -0.0336. The first-order valence-electron chi connectivity index (χ1n) is 5.78. The van der Waals surface area contributed by atoms with E-state index in [1.165, 1.54) is 0 Å². The Morgan fingerprint density at radius 1 is 1.40 bits per heavy atom. The average Bonchev–Trinajstić information content (AvgIpc) is 2.81. The Morgan fingerprint density at radius 3 is 2.27 bits per heavy atom. The SMILES string of the molecule is CC(C)C(C)N(C)CC1(CC(=O)O)CC1. The van der Waals surface area contributed by atoms with Gasteiger partial charge in [-0.15, -0.1) is 0 Å². The number of rotatable bonds is 6. The van der Waals surface area contributed by atoms with Crippen molar-refractivity contribution in [2.24, 2.45) is 11.3 Å². The quantitative estimate of drug-likeness (QED) is 0.735. The number of hydrogen-bond acceptors (Lipinski definition) is 2. The van der Waals surface area contributed by atoms with Gasteiger partial charge in [-0.1, -0.05) is 13.8 Å². The van der Waals surface area contributed by atoms with Crippen LogP contribution in [0.15, 0.2) is 0 Å². The molecule has 1 atom stereocenters. The van der Waals surface area contributed by atoms with Gasteiger partial charge in [0.15, 0.2) is 0 Å². The first-order chi connectivity index (χ1) is 6.86. The van der Waals surface area contributed by atoms with Crippen molar-refractivity contribution in [3.8, 4) is 0 Å². The maximum absolute atomic E-state index is 10.7. The lowest BCUT2D eigenvalue weighted by atomic mass is 9.99. The molecule has 88 valence electrons. The van der Waals surface area contributed by atoms with Gasteiger partial charge in [-0.25, -0.2) is 0 Å². The van der Waals surface area contributed by atoms with Crippen LogP contribution >= 0.6 is 0 Å². The highest BCUT2D eigenvalue weighted by molar-refractivity contribution is 5.68. The highest BCUT2D eigenvalue weighted by Crippen LogP contribution is 2.49. The lowest BCUT2D eigenvalue weighted by Crippen LogP contribution is -2.38. The molecule has 1 fully saturated rings. The zero-order valence-corrected chi connectivity index (χ0v) is 10.3. The molecule has 1 aliphatic rings. The van der Waals surface area contributed by atoms with E-state index in [4.69, 9.17) is 5.11 Å². The Bertz CT molecular complexity index is 234. The summed E-state index contributed by atoms with van der Waals surface area (Å²) in [4.78, 5) is 13.0. The summed E-state index contributed by atoms with van der Waals surface area (Å²) in [5, 5.41) is 8.83. The average molecular weight is 213 g/mol. The number of carboxylic acid groups (broad SMARTS) is 1. The number of hydrogen-bond donors (Lipinski definition) is 1. The van der Waals surface area contributed by atoms with Crippen LogP contribution in [0.5, 0.6) is 0 Å². The Morgan fingerprint density at radius 2 is 1.93 bits per heavy atom. The van der Waals surface area contributed by atoms with Gasteiger partial charge in [0.05, 0.1) is 6.42 Å². The molecule has 0 heterocycles. The summed E-state index contributed by atoms with van der Waals surface area (Å²) in [6.07, 6.45) is 2.49. The first kappa shape index (κ1) is 12.5. The van der Waals surface area contributed by atoms with Crippen LogP contribution < -0.4 is 0 Å². The van der Waals surface area contributed by atoms with Crippen molar-refractivity contribution in [3.63, 3.8) is 0 Å². The molecule has 3 nitrogen and oxygen atoms in total. The number of aliphatic carboxylic acids is 1. The van der Waals surface area contributed by atoms with Gasteiger partial charge in [-0.3, -0.25) is 4.79 Å². The van der Waals surface area contributed by atoms with E-state index < -0.39 is 5.97 Å². The summed E-state index contributed by atoms with van der Waals surface area (Å²) < 4.78 is 0. The van der Waals surface area contributed by atoms with Crippen LogP contribution in [0.1, 0.15) is 40.0 Å². The predicted molar refractivity (Wildman–Crippen MR) is 60.8 cm³/mol. The standard InChI is InChI=1S/C12H23NO2/c1-9(2)10(3)13(4)8-12(5-6-12)7-11(14)15/h9-10H,5-8H2,1-4H3,(H,14,15). The molecule has 0 saturated heterocycles. The van der Waals surface area contributed by atoms with E-state index in [0.717, 1.165) is 19.4 Å². The third-order valence-corrected chi connectivity index (χ3v) is 3.73. The summed E-state index contributed by atoms with van der Waals surface area (Å²) in [6, 6.07) is 0.524. The van der Waals surface area contributed by atoms with Crippen molar-refractivity contribution in [3.05, 3.63) is 0 Å². The fourth-order valence-corrected chi connectivity index (χ4v) is 2.07. The molecule has 15 heavy (non-hydrogen) atoms. The second kappa shape index (κ2) is 4.52. The van der Waals surface area contributed by atoms with Crippen LogP contribution in [0, 0.1) is 11.3 Å². The molecule has 0 bridgehead atoms. The van der Waals surface area contributed by atoms with E-state index in [1.54, 1.807) is 0 Å². The number of carboxylic acids is 1. The van der Waals surface area contributed by atoms with E-state index in [2.05, 4.69) is 32.7 Å². The van der Waals surface area contributed by atoms with Gasteiger partial charge in [0.25, 0.3) is 0 Å². The Kier molecular flexibility index (Phi) is 3.77. The van der Waals surface area contributed by atoms with E-state index in [0.29, 0.717) is 18.4 Å². The fraction of sp³-hybridized carbons (Fsp3) is 0.917. The van der Waals surface area contributed by atoms with Crippen LogP contribution in [-0.2, 0) is 4.79 Å². The van der Waals surface area contributed by atoms with Crippen molar-refractivity contribution in [2.45, 2.75) is 46.1 Å². The molecule has 0 aromatic rings. The second-order valence-corrected chi connectivity index (χ2v) is 5.47. The second-order valence-electron chi connectivity index (χ2n) is 5.47. The normalized spacial score (nSPS) is 20.7. The van der Waals surface area contributed by atoms with E-state index in [-0.39, 0.29) is 5.41 Å². The van der Waals surface area contributed by atoms with Gasteiger partial charge in [-0.05, 0) is 38.1 Å². The van der Waals surface area contributed by atoms with Crippen LogP contribution in [0.4, 0.5) is 0 Å². The van der Waals surface area contributed by atoms with Crippen molar-refractivity contribution in [1.82, 2.24) is 4.90 Å². The van der Waals surface area contributed by atoms with Gasteiger partial charge in [0.1, 0.15) is 0 Å². The fourth-order valence-electron chi connectivity index (χ4n) is 2.07. The summed E-state index contributed by atoms with van der Waals surface area (Å²) in [6.45, 7) is 7.55. The molecule has 3 heteroatoms. The third kappa shape index (κ3) is 3.49. The lowest BCUT2D eigenvalue weighted by molar-refractivity contribution is -0.138. The van der Waals surface area contributed by atoms with E-state index in [1.807, 2.05) is 0 Å². The maximum atomic E-state index is 10.7. The maximum Gasteiger partial charge on any atom is 0.303 e. The zero-order valence-electron chi connectivity index (χ0n) is 10.3. The smallest absolute Gasteiger partial charge is 0.303 e. The predicted octanol–water partition coefficient (Wildman–Crippen LogP) is 2.22. The molecule has 1 rings (SSSR count). The first-order valence-corrected chi connectivity index (χ1v) is 5.78. The van der Waals surface area contributed by atoms with Crippen LogP contribution in [0.3, 0.4) is 0 Å². The van der Waals surface area contributed by atoms with Crippen LogP contribution in [0.25, 0.3) is 0 Å². The lowest BCUT2D eigenvalue weighted by Gasteiger charge is -2.31. The monoisotopic (exact) mass is 213 g/mol. The van der Waals surface area contributed by atoms with Crippen LogP contribution in [0.2, 0.25) is 0 Å². The van der Waals surface area contributed by atoms with Crippen molar-refractivity contribution < 1.29 is 9.90 Å². The molecule has 1 aliphatic carbocycles. The van der Waals surface area contributed by atoms with Gasteiger partial charge < -0.3 is 10.0 Å². The summed E-state index contributed by atoms with van der Waals surface area (Å²) in [5.41, 5.74) is 0.0870. The molecular weight excluding hydrogens is 190 g/mol. The molecule has 1 N–H and O–H groups in total. The van der Waals surface area contributed by atoms with Crippen molar-refractivity contribution >= 4 is 5.97 Å². The highest BCUT2D eigenvalue weighted by atomic mass is 16.4. The Hall–Kier alpha value is -0.570. The van der Waals surface area contributed by atoms with E-state index in [9.17, 15) is 4.79 Å². The minimum Gasteiger partial charge on any atom is -0.481 e. The molecule has 0 radical (unpaired) electrons. The van der Waals surface area contributed by atoms with Gasteiger partial charge in [0, 0.05) is 12.6 Å². The molecule has 0 spiro atoms. The van der Waals surface area contributed by atoms with Crippen molar-refractivity contribution in [2.75, 3.05) is 13.6 Å². The minimum atomic E-state index is -0.655. The minimum absolute atomic E-state index is 0.0870. The summed E-state index contributed by atoms with van der Waals surface area (Å²) >= 11 is 0. The molecule has 0 amide bonds. The van der Waals surface area contributed by atoms with E-state index >= 15 is 0 Å². The summed E-state index contributed by atoms with van der Waals surface area (Å²) in [7, 11) is 2.10. The van der Waals surface area contributed by atoms with Gasteiger partial charge in [0.2, 0.25) is 0 Å². The largest absolute Gasteiger partial charge is 0.481 e. The number of nitrogens with zero attached hydrogens (tertiary/aromatic N) is 1. The topological polar surface area (TPSA) is 40.5 Å². The van der Waals surface area contributed by atoms with Gasteiger partial charge >= 0.3 is 5.97 Å². The zero-order chi connectivity index (χ0) is 11.6. The van der Waals surface area contributed by atoms with Crippen molar-refractivity contribution in [1.29, 1.82) is 0 Å². The van der Waals surface area contributed by atoms with Crippen LogP contribution in [-0.4, -0.2) is 35.6 Å². The number of carbonyl (C=O) groups is 1. The molecule has 0 aromatic heterocycles. The molecule has 0 aromatic carbocycles. The molecular formula is C12H23NO2. The Balaban J connectivity index is 2.44. The third-order valence-electron chi connectivity index (χ3n) is 3.73.